The minimum atomic E-state index is -0.192. The van der Waals surface area contributed by atoms with E-state index in [2.05, 4.69) is 20.6 Å². The van der Waals surface area contributed by atoms with Gasteiger partial charge < -0.3 is 20.6 Å². The molecule has 1 aromatic rings. The maximum atomic E-state index is 10.7. The summed E-state index contributed by atoms with van der Waals surface area (Å²) in [4.78, 5) is 15.9. The normalized spacial score (nSPS) is 15.1. The van der Waals surface area contributed by atoms with Gasteiger partial charge in [-0.2, -0.15) is 0 Å². The van der Waals surface area contributed by atoms with E-state index in [4.69, 9.17) is 12.2 Å². The van der Waals surface area contributed by atoms with E-state index < -0.39 is 0 Å². The summed E-state index contributed by atoms with van der Waals surface area (Å²) in [6.45, 7) is 0.539. The molecule has 1 aliphatic rings. The standard InChI is InChI=1S/C8H12N4OS/c13-7-9-3-6(11-7)4-10-8(14)12-5-1-2-5/h3,5H,1-2,4H2,(H2,9,11,13)(H2,10,12,14). The van der Waals surface area contributed by atoms with Crippen molar-refractivity contribution in [2.24, 2.45) is 0 Å². The zero-order valence-electron chi connectivity index (χ0n) is 7.59. The van der Waals surface area contributed by atoms with Crippen LogP contribution >= 0.6 is 12.2 Å². The molecular formula is C8H12N4OS. The third-order valence-corrected chi connectivity index (χ3v) is 2.27. The number of thiocarbonyl (C=S) groups is 1. The fourth-order valence-electron chi connectivity index (χ4n) is 1.11. The lowest BCUT2D eigenvalue weighted by Crippen LogP contribution is -2.36. The highest BCUT2D eigenvalue weighted by atomic mass is 32.1. The number of rotatable bonds is 3. The molecule has 5 nitrogen and oxygen atoms in total. The van der Waals surface area contributed by atoms with Crippen molar-refractivity contribution in [1.82, 2.24) is 20.6 Å². The van der Waals surface area contributed by atoms with Crippen molar-refractivity contribution in [3.63, 3.8) is 0 Å². The van der Waals surface area contributed by atoms with Gasteiger partial charge in [-0.25, -0.2) is 4.79 Å². The van der Waals surface area contributed by atoms with Crippen LogP contribution in [-0.2, 0) is 6.54 Å². The summed E-state index contributed by atoms with van der Waals surface area (Å²) in [5, 5.41) is 6.81. The highest BCUT2D eigenvalue weighted by Gasteiger charge is 2.21. The summed E-state index contributed by atoms with van der Waals surface area (Å²) in [6.07, 6.45) is 4.03. The summed E-state index contributed by atoms with van der Waals surface area (Å²) in [5.41, 5.74) is 0.609. The maximum absolute atomic E-state index is 10.7. The second-order valence-corrected chi connectivity index (χ2v) is 3.78. The number of nitrogens with one attached hydrogen (secondary N) is 4. The number of imidazole rings is 1. The number of hydrogen-bond donors (Lipinski definition) is 4. The molecule has 1 aliphatic carbocycles. The molecule has 0 saturated heterocycles. The number of hydrogen-bond acceptors (Lipinski definition) is 2. The van der Waals surface area contributed by atoms with Crippen molar-refractivity contribution in [1.29, 1.82) is 0 Å². The molecule has 0 bridgehead atoms. The van der Waals surface area contributed by atoms with Gasteiger partial charge in [-0.3, -0.25) is 0 Å². The predicted octanol–water partition coefficient (Wildman–Crippen LogP) is -0.171. The number of aromatic amines is 2. The Bertz CT molecular complexity index is 379. The van der Waals surface area contributed by atoms with Gasteiger partial charge in [0, 0.05) is 12.2 Å². The smallest absolute Gasteiger partial charge is 0.323 e. The first-order chi connectivity index (χ1) is 6.74. The molecule has 0 aliphatic heterocycles. The van der Waals surface area contributed by atoms with E-state index in [1.54, 1.807) is 6.20 Å². The second-order valence-electron chi connectivity index (χ2n) is 3.37. The minimum Gasteiger partial charge on any atom is -0.360 e. The molecule has 1 saturated carbocycles. The zero-order valence-corrected chi connectivity index (χ0v) is 8.41. The Morgan fingerprint density at radius 2 is 2.43 bits per heavy atom. The van der Waals surface area contributed by atoms with Gasteiger partial charge in [0.1, 0.15) is 0 Å². The highest BCUT2D eigenvalue weighted by Crippen LogP contribution is 2.18. The van der Waals surface area contributed by atoms with Crippen LogP contribution in [0.2, 0.25) is 0 Å². The minimum absolute atomic E-state index is 0.192. The molecule has 0 spiro atoms. The zero-order chi connectivity index (χ0) is 9.97. The Morgan fingerprint density at radius 1 is 1.64 bits per heavy atom. The molecule has 14 heavy (non-hydrogen) atoms. The van der Waals surface area contributed by atoms with Crippen molar-refractivity contribution in [2.45, 2.75) is 25.4 Å². The lowest BCUT2D eigenvalue weighted by molar-refractivity contribution is 0.815. The first kappa shape index (κ1) is 9.26. The van der Waals surface area contributed by atoms with E-state index in [1.165, 1.54) is 12.8 Å². The van der Waals surface area contributed by atoms with Gasteiger partial charge in [0.15, 0.2) is 5.11 Å². The van der Waals surface area contributed by atoms with Gasteiger partial charge in [0.25, 0.3) is 0 Å². The Hall–Kier alpha value is -1.30. The van der Waals surface area contributed by atoms with Gasteiger partial charge >= 0.3 is 5.69 Å². The van der Waals surface area contributed by atoms with Gasteiger partial charge in [-0.1, -0.05) is 0 Å². The summed E-state index contributed by atoms with van der Waals surface area (Å²) in [6, 6.07) is 0.556. The van der Waals surface area contributed by atoms with Gasteiger partial charge in [0.05, 0.1) is 12.2 Å². The van der Waals surface area contributed by atoms with Crippen molar-refractivity contribution in [3.8, 4) is 0 Å². The molecular weight excluding hydrogens is 200 g/mol. The van der Waals surface area contributed by atoms with Gasteiger partial charge in [0.2, 0.25) is 0 Å². The molecule has 4 N–H and O–H groups in total. The van der Waals surface area contributed by atoms with Crippen LogP contribution in [0, 0.1) is 0 Å². The van der Waals surface area contributed by atoms with E-state index in [-0.39, 0.29) is 5.69 Å². The Morgan fingerprint density at radius 3 is 3.00 bits per heavy atom. The van der Waals surface area contributed by atoms with Crippen molar-refractivity contribution < 1.29 is 0 Å². The van der Waals surface area contributed by atoms with Crippen LogP contribution in [0.5, 0.6) is 0 Å². The summed E-state index contributed by atoms with van der Waals surface area (Å²) in [5.74, 6) is 0. The molecule has 0 atom stereocenters. The monoisotopic (exact) mass is 212 g/mol. The summed E-state index contributed by atoms with van der Waals surface area (Å²) < 4.78 is 0. The molecule has 6 heteroatoms. The van der Waals surface area contributed by atoms with Crippen LogP contribution in [0.15, 0.2) is 11.0 Å². The van der Waals surface area contributed by atoms with Crippen LogP contribution in [0.1, 0.15) is 18.5 Å². The van der Waals surface area contributed by atoms with Crippen LogP contribution in [0.25, 0.3) is 0 Å². The van der Waals surface area contributed by atoms with E-state index in [1.807, 2.05) is 0 Å². The quantitative estimate of drug-likeness (QED) is 0.525. The predicted molar refractivity (Wildman–Crippen MR) is 57.0 cm³/mol. The molecule has 0 aromatic carbocycles. The third kappa shape index (κ3) is 2.59. The Kier molecular flexibility index (Phi) is 2.53. The van der Waals surface area contributed by atoms with Crippen LogP contribution in [0.4, 0.5) is 0 Å². The summed E-state index contributed by atoms with van der Waals surface area (Å²) >= 11 is 5.05. The fraction of sp³-hybridized carbons (Fsp3) is 0.500. The topological polar surface area (TPSA) is 72.7 Å². The average molecular weight is 212 g/mol. The van der Waals surface area contributed by atoms with Crippen molar-refractivity contribution in [2.75, 3.05) is 0 Å². The SMILES string of the molecule is O=c1[nH]cc(CNC(=S)NC2CC2)[nH]1. The molecule has 0 amide bonds. The van der Waals surface area contributed by atoms with Crippen molar-refractivity contribution in [3.05, 3.63) is 22.4 Å². The third-order valence-electron chi connectivity index (χ3n) is 2.00. The van der Waals surface area contributed by atoms with Crippen LogP contribution in [0.3, 0.4) is 0 Å². The maximum Gasteiger partial charge on any atom is 0.323 e. The molecule has 76 valence electrons. The molecule has 0 radical (unpaired) electrons. The fourth-order valence-corrected chi connectivity index (χ4v) is 1.34. The molecule has 1 aromatic heterocycles. The molecule has 1 heterocycles. The van der Waals surface area contributed by atoms with Crippen LogP contribution in [-0.4, -0.2) is 21.1 Å². The molecule has 2 rings (SSSR count). The first-order valence-electron chi connectivity index (χ1n) is 4.55. The van der Waals surface area contributed by atoms with Crippen molar-refractivity contribution >= 4 is 17.3 Å². The largest absolute Gasteiger partial charge is 0.360 e. The van der Waals surface area contributed by atoms with E-state index in [9.17, 15) is 4.79 Å². The lowest BCUT2D eigenvalue weighted by Gasteiger charge is -2.07. The molecule has 1 fully saturated rings. The Balaban J connectivity index is 1.75. The highest BCUT2D eigenvalue weighted by molar-refractivity contribution is 7.80. The number of H-pyrrole nitrogens is 2. The van der Waals surface area contributed by atoms with E-state index in [0.717, 1.165) is 5.69 Å². The van der Waals surface area contributed by atoms with Crippen LogP contribution < -0.4 is 16.3 Å². The average Bonchev–Trinajstić information content (AvgIpc) is 2.85. The second kappa shape index (κ2) is 3.83. The van der Waals surface area contributed by atoms with E-state index >= 15 is 0 Å². The van der Waals surface area contributed by atoms with Gasteiger partial charge in [-0.15, -0.1) is 0 Å². The first-order valence-corrected chi connectivity index (χ1v) is 4.96. The Labute approximate surface area is 86.3 Å². The molecule has 0 unspecified atom stereocenters. The van der Waals surface area contributed by atoms with E-state index in [0.29, 0.717) is 17.7 Å². The number of aromatic nitrogens is 2. The van der Waals surface area contributed by atoms with Gasteiger partial charge in [-0.05, 0) is 25.1 Å². The lowest BCUT2D eigenvalue weighted by atomic mass is 10.5. The summed E-state index contributed by atoms with van der Waals surface area (Å²) in [7, 11) is 0.